The SMILES string of the molecule is O=S(=O)(NC1CCCc2ccccc21)c1ccc(Br)c(Br)c1Br. The van der Waals surface area contributed by atoms with E-state index in [1.165, 1.54) is 5.56 Å². The van der Waals surface area contributed by atoms with Crippen LogP contribution in [0.4, 0.5) is 0 Å². The molecule has 0 aliphatic heterocycles. The molecule has 0 spiro atoms. The van der Waals surface area contributed by atoms with Gasteiger partial charge in [-0.2, -0.15) is 0 Å². The Morgan fingerprint density at radius 1 is 1.00 bits per heavy atom. The van der Waals surface area contributed by atoms with Crippen LogP contribution in [0, 0.1) is 0 Å². The van der Waals surface area contributed by atoms with E-state index in [0.717, 1.165) is 29.3 Å². The molecule has 1 aliphatic rings. The van der Waals surface area contributed by atoms with Gasteiger partial charge in [0.1, 0.15) is 0 Å². The number of hydrogen-bond acceptors (Lipinski definition) is 2. The zero-order valence-corrected chi connectivity index (χ0v) is 17.6. The van der Waals surface area contributed by atoms with Crippen LogP contribution in [0.1, 0.15) is 30.0 Å². The monoisotopic (exact) mass is 521 g/mol. The summed E-state index contributed by atoms with van der Waals surface area (Å²) >= 11 is 10.1. The van der Waals surface area contributed by atoms with Crippen molar-refractivity contribution in [1.82, 2.24) is 4.72 Å². The van der Waals surface area contributed by atoms with Gasteiger partial charge in [-0.1, -0.05) is 24.3 Å². The molecule has 1 aliphatic carbocycles. The second-order valence-electron chi connectivity index (χ2n) is 5.44. The van der Waals surface area contributed by atoms with Gasteiger partial charge >= 0.3 is 0 Å². The summed E-state index contributed by atoms with van der Waals surface area (Å²) in [7, 11) is -3.62. The van der Waals surface area contributed by atoms with Gasteiger partial charge in [-0.15, -0.1) is 0 Å². The number of aryl methyl sites for hydroxylation is 1. The smallest absolute Gasteiger partial charge is 0.207 e. The highest BCUT2D eigenvalue weighted by atomic mass is 79.9. The third kappa shape index (κ3) is 3.58. The van der Waals surface area contributed by atoms with Gasteiger partial charge in [0.25, 0.3) is 0 Å². The van der Waals surface area contributed by atoms with Gasteiger partial charge in [-0.25, -0.2) is 13.1 Å². The molecule has 1 atom stereocenters. The molecule has 0 bridgehead atoms. The highest BCUT2D eigenvalue weighted by Gasteiger charge is 2.27. The van der Waals surface area contributed by atoms with Crippen LogP contribution in [-0.4, -0.2) is 8.42 Å². The summed E-state index contributed by atoms with van der Waals surface area (Å²) in [5.74, 6) is 0. The zero-order valence-electron chi connectivity index (χ0n) is 12.0. The zero-order chi connectivity index (χ0) is 16.6. The van der Waals surface area contributed by atoms with Crippen LogP contribution >= 0.6 is 47.8 Å². The molecule has 1 N–H and O–H groups in total. The lowest BCUT2D eigenvalue weighted by Gasteiger charge is -2.26. The van der Waals surface area contributed by atoms with Crippen molar-refractivity contribution in [3.8, 4) is 0 Å². The molecule has 0 saturated heterocycles. The molecule has 0 radical (unpaired) electrons. The average molecular weight is 524 g/mol. The molecular formula is C16H14Br3NO2S. The summed E-state index contributed by atoms with van der Waals surface area (Å²) in [4.78, 5) is 0.232. The lowest BCUT2D eigenvalue weighted by Crippen LogP contribution is -2.31. The maximum Gasteiger partial charge on any atom is 0.242 e. The first kappa shape index (κ1) is 17.6. The van der Waals surface area contributed by atoms with E-state index >= 15 is 0 Å². The Morgan fingerprint density at radius 3 is 2.52 bits per heavy atom. The number of sulfonamides is 1. The van der Waals surface area contributed by atoms with Gasteiger partial charge in [0.2, 0.25) is 10.0 Å². The summed E-state index contributed by atoms with van der Waals surface area (Å²) in [5, 5.41) is 0. The molecule has 3 rings (SSSR count). The van der Waals surface area contributed by atoms with Gasteiger partial charge in [0, 0.05) is 15.0 Å². The van der Waals surface area contributed by atoms with Crippen LogP contribution < -0.4 is 4.72 Å². The molecule has 7 heteroatoms. The first-order chi connectivity index (χ1) is 10.9. The number of halogens is 3. The van der Waals surface area contributed by atoms with E-state index in [1.54, 1.807) is 12.1 Å². The maximum absolute atomic E-state index is 12.8. The van der Waals surface area contributed by atoms with Crippen molar-refractivity contribution >= 4 is 57.8 Å². The molecule has 0 heterocycles. The average Bonchev–Trinajstić information content (AvgIpc) is 2.52. The normalized spacial score (nSPS) is 17.8. The predicted octanol–water partition coefficient (Wildman–Crippen LogP) is 5.33. The van der Waals surface area contributed by atoms with Crippen LogP contribution in [0.25, 0.3) is 0 Å². The molecule has 0 amide bonds. The van der Waals surface area contributed by atoms with Crippen molar-refractivity contribution in [2.24, 2.45) is 0 Å². The summed E-state index contributed by atoms with van der Waals surface area (Å²) < 4.78 is 30.5. The van der Waals surface area contributed by atoms with Gasteiger partial charge in [0.15, 0.2) is 0 Å². The fraction of sp³-hybridized carbons (Fsp3) is 0.250. The largest absolute Gasteiger partial charge is 0.242 e. The summed E-state index contributed by atoms with van der Waals surface area (Å²) in [6.07, 6.45) is 2.79. The van der Waals surface area contributed by atoms with E-state index in [4.69, 9.17) is 0 Å². The number of nitrogens with one attached hydrogen (secondary N) is 1. The summed E-state index contributed by atoms with van der Waals surface area (Å²) in [5.41, 5.74) is 2.30. The van der Waals surface area contributed by atoms with E-state index in [0.29, 0.717) is 8.95 Å². The van der Waals surface area contributed by atoms with Gasteiger partial charge in [-0.05, 0) is 90.3 Å². The number of fused-ring (bicyclic) bond motifs is 1. The fourth-order valence-corrected chi connectivity index (χ4v) is 6.23. The van der Waals surface area contributed by atoms with Crippen LogP contribution in [0.5, 0.6) is 0 Å². The quantitative estimate of drug-likeness (QED) is 0.553. The molecule has 122 valence electrons. The highest BCUT2D eigenvalue weighted by Crippen LogP contribution is 2.37. The minimum absolute atomic E-state index is 0.181. The predicted molar refractivity (Wildman–Crippen MR) is 102 cm³/mol. The Labute approximate surface area is 161 Å². The van der Waals surface area contributed by atoms with Gasteiger partial charge < -0.3 is 0 Å². The minimum atomic E-state index is -3.62. The van der Waals surface area contributed by atoms with E-state index in [2.05, 4.69) is 58.6 Å². The van der Waals surface area contributed by atoms with Crippen molar-refractivity contribution in [2.75, 3.05) is 0 Å². The van der Waals surface area contributed by atoms with Crippen molar-refractivity contribution in [2.45, 2.75) is 30.2 Å². The number of rotatable bonds is 3. The third-order valence-corrected chi connectivity index (χ3v) is 9.10. The molecule has 2 aromatic rings. The van der Waals surface area contributed by atoms with Gasteiger partial charge in [-0.3, -0.25) is 0 Å². The van der Waals surface area contributed by atoms with Crippen LogP contribution in [-0.2, 0) is 16.4 Å². The lowest BCUT2D eigenvalue weighted by atomic mass is 9.88. The second-order valence-corrected chi connectivity index (χ2v) is 9.56. The molecule has 1 unspecified atom stereocenters. The molecule has 3 nitrogen and oxygen atoms in total. The van der Waals surface area contributed by atoms with Crippen molar-refractivity contribution < 1.29 is 8.42 Å². The van der Waals surface area contributed by atoms with E-state index in [-0.39, 0.29) is 10.9 Å². The van der Waals surface area contributed by atoms with Crippen molar-refractivity contribution in [3.63, 3.8) is 0 Å². The number of benzene rings is 2. The lowest BCUT2D eigenvalue weighted by molar-refractivity contribution is 0.507. The summed E-state index contributed by atoms with van der Waals surface area (Å²) in [6.45, 7) is 0. The van der Waals surface area contributed by atoms with E-state index in [1.807, 2.05) is 18.2 Å². The second kappa shape index (κ2) is 6.96. The Kier molecular flexibility index (Phi) is 5.33. The van der Waals surface area contributed by atoms with Crippen LogP contribution in [0.15, 0.2) is 54.7 Å². The molecule has 23 heavy (non-hydrogen) atoms. The van der Waals surface area contributed by atoms with Gasteiger partial charge in [0.05, 0.1) is 9.37 Å². The van der Waals surface area contributed by atoms with Crippen LogP contribution in [0.2, 0.25) is 0 Å². The maximum atomic E-state index is 12.8. The third-order valence-electron chi connectivity index (χ3n) is 3.96. The molecule has 0 saturated carbocycles. The highest BCUT2D eigenvalue weighted by molar-refractivity contribution is 9.14. The molecule has 0 aromatic heterocycles. The summed E-state index contributed by atoms with van der Waals surface area (Å²) in [6, 6.07) is 11.2. The Morgan fingerprint density at radius 2 is 1.74 bits per heavy atom. The van der Waals surface area contributed by atoms with Crippen molar-refractivity contribution in [1.29, 1.82) is 0 Å². The molecule has 0 fully saturated rings. The Bertz CT molecular complexity index is 852. The Balaban J connectivity index is 1.96. The molecular weight excluding hydrogens is 510 g/mol. The van der Waals surface area contributed by atoms with Crippen LogP contribution in [0.3, 0.4) is 0 Å². The fourth-order valence-electron chi connectivity index (χ4n) is 2.84. The number of hydrogen-bond donors (Lipinski definition) is 1. The first-order valence-electron chi connectivity index (χ1n) is 7.14. The standard InChI is InChI=1S/C16H14Br3NO2S/c17-12-8-9-14(16(19)15(12)18)23(21,22)20-13-7-3-5-10-4-1-2-6-11(10)13/h1-2,4,6,8-9,13,20H,3,5,7H2. The first-order valence-corrected chi connectivity index (χ1v) is 11.0. The van der Waals surface area contributed by atoms with Crippen molar-refractivity contribution in [3.05, 3.63) is 60.9 Å². The molecule has 2 aromatic carbocycles. The topological polar surface area (TPSA) is 46.2 Å². The minimum Gasteiger partial charge on any atom is -0.207 e. The van der Waals surface area contributed by atoms with E-state index in [9.17, 15) is 8.42 Å². The Hall–Kier alpha value is -0.210. The van der Waals surface area contributed by atoms with E-state index < -0.39 is 10.0 Å².